The van der Waals surface area contributed by atoms with Crippen LogP contribution in [0.15, 0.2) is 45.6 Å². The van der Waals surface area contributed by atoms with Crippen LogP contribution in [0.3, 0.4) is 0 Å². The van der Waals surface area contributed by atoms with E-state index in [0.29, 0.717) is 5.75 Å². The van der Waals surface area contributed by atoms with Crippen molar-refractivity contribution < 1.29 is 9.53 Å². The van der Waals surface area contributed by atoms with Crippen molar-refractivity contribution in [3.05, 3.63) is 45.6 Å². The van der Waals surface area contributed by atoms with Gasteiger partial charge in [-0.15, -0.1) is 0 Å². The predicted molar refractivity (Wildman–Crippen MR) is 82.6 cm³/mol. The first-order valence-electron chi connectivity index (χ1n) is 5.76. The Kier molecular flexibility index (Phi) is 5.08. The van der Waals surface area contributed by atoms with Crippen LogP contribution in [0.2, 0.25) is 0 Å². The summed E-state index contributed by atoms with van der Waals surface area (Å²) in [5.74, 6) is 0.527. The van der Waals surface area contributed by atoms with Gasteiger partial charge in [0.05, 0.1) is 4.47 Å². The molecule has 5 nitrogen and oxygen atoms in total. The first-order chi connectivity index (χ1) is 9.56. The highest BCUT2D eigenvalue weighted by molar-refractivity contribution is 9.11. The molecule has 1 atom stereocenters. The van der Waals surface area contributed by atoms with Crippen molar-refractivity contribution >= 4 is 43.7 Å². The molecule has 104 valence electrons. The van der Waals surface area contributed by atoms with Gasteiger partial charge in [0.15, 0.2) is 6.10 Å². The molecule has 1 aromatic heterocycles. The Balaban J connectivity index is 2.00. The SMILES string of the molecule is CC(Oc1ccc(Br)cc1Br)C(=O)Nc1ncccn1. The van der Waals surface area contributed by atoms with Crippen LogP contribution in [0, 0.1) is 0 Å². The van der Waals surface area contributed by atoms with E-state index in [1.165, 1.54) is 0 Å². The molecule has 1 unspecified atom stereocenters. The number of nitrogens with zero attached hydrogens (tertiary/aromatic N) is 2. The predicted octanol–water partition coefficient (Wildman–Crippen LogP) is 3.41. The molecule has 0 spiro atoms. The fourth-order valence-corrected chi connectivity index (χ4v) is 2.53. The lowest BCUT2D eigenvalue weighted by Gasteiger charge is -2.15. The first kappa shape index (κ1) is 14.9. The maximum absolute atomic E-state index is 12.0. The van der Waals surface area contributed by atoms with E-state index >= 15 is 0 Å². The lowest BCUT2D eigenvalue weighted by molar-refractivity contribution is -0.122. The molecule has 7 heteroatoms. The number of carbonyl (C=O) groups is 1. The van der Waals surface area contributed by atoms with Gasteiger partial charge in [0.1, 0.15) is 5.75 Å². The number of nitrogens with one attached hydrogen (secondary N) is 1. The van der Waals surface area contributed by atoms with Crippen LogP contribution < -0.4 is 10.1 Å². The summed E-state index contributed by atoms with van der Waals surface area (Å²) >= 11 is 6.73. The van der Waals surface area contributed by atoms with Gasteiger partial charge >= 0.3 is 0 Å². The highest BCUT2D eigenvalue weighted by Crippen LogP contribution is 2.29. The van der Waals surface area contributed by atoms with Gasteiger partial charge in [-0.2, -0.15) is 0 Å². The van der Waals surface area contributed by atoms with E-state index in [0.717, 1.165) is 8.95 Å². The molecule has 0 aliphatic carbocycles. The molecule has 2 rings (SSSR count). The van der Waals surface area contributed by atoms with E-state index in [1.54, 1.807) is 31.5 Å². The molecule has 1 heterocycles. The number of ether oxygens (including phenoxy) is 1. The minimum Gasteiger partial charge on any atom is -0.480 e. The van der Waals surface area contributed by atoms with Crippen molar-refractivity contribution in [3.8, 4) is 5.75 Å². The van der Waals surface area contributed by atoms with Gasteiger partial charge in [0, 0.05) is 16.9 Å². The second-order valence-electron chi connectivity index (χ2n) is 3.90. The summed E-state index contributed by atoms with van der Waals surface area (Å²) < 4.78 is 7.29. The van der Waals surface area contributed by atoms with Crippen LogP contribution in [-0.2, 0) is 4.79 Å². The lowest BCUT2D eigenvalue weighted by Crippen LogP contribution is -2.30. The molecule has 2 aromatic rings. The maximum Gasteiger partial charge on any atom is 0.267 e. The Morgan fingerprint density at radius 1 is 1.30 bits per heavy atom. The molecule has 0 fully saturated rings. The molecule has 1 amide bonds. The van der Waals surface area contributed by atoms with E-state index in [-0.39, 0.29) is 11.9 Å². The summed E-state index contributed by atoms with van der Waals surface area (Å²) in [5, 5.41) is 2.58. The smallest absolute Gasteiger partial charge is 0.267 e. The zero-order valence-electron chi connectivity index (χ0n) is 10.5. The highest BCUT2D eigenvalue weighted by Gasteiger charge is 2.17. The molecule has 1 aromatic carbocycles. The van der Waals surface area contributed by atoms with Crippen LogP contribution in [-0.4, -0.2) is 22.0 Å². The summed E-state index contributed by atoms with van der Waals surface area (Å²) in [6, 6.07) is 7.14. The molecule has 20 heavy (non-hydrogen) atoms. The highest BCUT2D eigenvalue weighted by atomic mass is 79.9. The number of rotatable bonds is 4. The largest absolute Gasteiger partial charge is 0.480 e. The summed E-state index contributed by atoms with van der Waals surface area (Å²) in [6.07, 6.45) is 2.44. The summed E-state index contributed by atoms with van der Waals surface area (Å²) in [6.45, 7) is 1.66. The van der Waals surface area contributed by atoms with E-state index < -0.39 is 6.10 Å². The molecule has 0 aliphatic heterocycles. The minimum absolute atomic E-state index is 0.253. The van der Waals surface area contributed by atoms with Crippen LogP contribution in [0.1, 0.15) is 6.92 Å². The van der Waals surface area contributed by atoms with Crippen molar-refractivity contribution in [2.75, 3.05) is 5.32 Å². The topological polar surface area (TPSA) is 64.1 Å². The lowest BCUT2D eigenvalue weighted by atomic mass is 10.3. The summed E-state index contributed by atoms with van der Waals surface area (Å²) in [5.41, 5.74) is 0. The third-order valence-electron chi connectivity index (χ3n) is 2.37. The van der Waals surface area contributed by atoms with Gasteiger partial charge < -0.3 is 4.74 Å². The molecular weight excluding hydrogens is 390 g/mol. The molecule has 0 bridgehead atoms. The number of amides is 1. The monoisotopic (exact) mass is 399 g/mol. The van der Waals surface area contributed by atoms with Crippen molar-refractivity contribution in [1.29, 1.82) is 0 Å². The van der Waals surface area contributed by atoms with Gasteiger partial charge in [-0.25, -0.2) is 9.97 Å². The molecule has 0 aliphatic rings. The standard InChI is InChI=1S/C13H11Br2N3O2/c1-8(12(19)18-13-16-5-2-6-17-13)20-11-4-3-9(14)7-10(11)15/h2-8H,1H3,(H,16,17,18,19). The molecule has 0 saturated carbocycles. The van der Waals surface area contributed by atoms with Gasteiger partial charge in [0.25, 0.3) is 5.91 Å². The van der Waals surface area contributed by atoms with Crippen LogP contribution in [0.5, 0.6) is 5.75 Å². The Labute approximate surface area is 133 Å². The quantitative estimate of drug-likeness (QED) is 0.854. The number of hydrogen-bond donors (Lipinski definition) is 1. The second-order valence-corrected chi connectivity index (χ2v) is 5.67. The summed E-state index contributed by atoms with van der Waals surface area (Å²) in [4.78, 5) is 19.8. The van der Waals surface area contributed by atoms with E-state index in [4.69, 9.17) is 4.74 Å². The Morgan fingerprint density at radius 2 is 2.00 bits per heavy atom. The maximum atomic E-state index is 12.0. The second kappa shape index (κ2) is 6.81. The molecular formula is C13H11Br2N3O2. The van der Waals surface area contributed by atoms with Crippen molar-refractivity contribution in [2.45, 2.75) is 13.0 Å². The normalized spacial score (nSPS) is 11.8. The molecule has 1 N–H and O–H groups in total. The van der Waals surface area contributed by atoms with Crippen LogP contribution >= 0.6 is 31.9 Å². The number of benzene rings is 1. The average molecular weight is 401 g/mol. The van der Waals surface area contributed by atoms with Crippen molar-refractivity contribution in [2.24, 2.45) is 0 Å². The van der Waals surface area contributed by atoms with Crippen LogP contribution in [0.25, 0.3) is 0 Å². The zero-order chi connectivity index (χ0) is 14.5. The number of aromatic nitrogens is 2. The Bertz CT molecular complexity index is 608. The average Bonchev–Trinajstić information content (AvgIpc) is 2.43. The third kappa shape index (κ3) is 4.01. The number of anilines is 1. The fourth-order valence-electron chi connectivity index (χ4n) is 1.39. The van der Waals surface area contributed by atoms with Crippen molar-refractivity contribution in [1.82, 2.24) is 9.97 Å². The number of hydrogen-bond acceptors (Lipinski definition) is 4. The summed E-state index contributed by atoms with van der Waals surface area (Å²) in [7, 11) is 0. The number of halogens is 2. The minimum atomic E-state index is -0.670. The van der Waals surface area contributed by atoms with Gasteiger partial charge in [-0.05, 0) is 47.1 Å². The van der Waals surface area contributed by atoms with Gasteiger partial charge in [0.2, 0.25) is 5.95 Å². The molecule has 0 saturated heterocycles. The Morgan fingerprint density at radius 3 is 2.65 bits per heavy atom. The first-order valence-corrected chi connectivity index (χ1v) is 7.34. The van der Waals surface area contributed by atoms with Crippen LogP contribution in [0.4, 0.5) is 5.95 Å². The van der Waals surface area contributed by atoms with E-state index in [2.05, 4.69) is 47.1 Å². The zero-order valence-corrected chi connectivity index (χ0v) is 13.7. The molecule has 0 radical (unpaired) electrons. The fraction of sp³-hybridized carbons (Fsp3) is 0.154. The van der Waals surface area contributed by atoms with Gasteiger partial charge in [-0.3, -0.25) is 10.1 Å². The Hall–Kier alpha value is -1.47. The third-order valence-corrected chi connectivity index (χ3v) is 3.48. The van der Waals surface area contributed by atoms with Gasteiger partial charge in [-0.1, -0.05) is 15.9 Å². The number of carbonyl (C=O) groups excluding carboxylic acids is 1. The van der Waals surface area contributed by atoms with E-state index in [9.17, 15) is 4.79 Å². The van der Waals surface area contributed by atoms with E-state index in [1.807, 2.05) is 12.1 Å². The van der Waals surface area contributed by atoms with Crippen molar-refractivity contribution in [3.63, 3.8) is 0 Å².